The molecule has 0 saturated carbocycles. The van der Waals surface area contributed by atoms with Crippen LogP contribution in [0.2, 0.25) is 0 Å². The monoisotopic (exact) mass is 379 g/mol. The molecular formula is C19H23F2N3O3. The highest BCUT2D eigenvalue weighted by atomic mass is 19.1. The second-order valence-electron chi connectivity index (χ2n) is 7.71. The number of halogens is 2. The fourth-order valence-corrected chi connectivity index (χ4v) is 2.45. The first-order valence-corrected chi connectivity index (χ1v) is 8.35. The van der Waals surface area contributed by atoms with Crippen LogP contribution >= 0.6 is 0 Å². The minimum absolute atomic E-state index is 0.0749. The first kappa shape index (κ1) is 20.7. The second-order valence-corrected chi connectivity index (χ2v) is 7.71. The Morgan fingerprint density at radius 2 is 1.81 bits per heavy atom. The number of hydrogen-bond donors (Lipinski definition) is 2. The van der Waals surface area contributed by atoms with E-state index in [-0.39, 0.29) is 11.4 Å². The topological polar surface area (TPSA) is 84.3 Å². The van der Waals surface area contributed by atoms with Gasteiger partial charge in [-0.25, -0.2) is 13.6 Å². The number of hydrogen-bond acceptors (Lipinski definition) is 5. The third-order valence-electron chi connectivity index (χ3n) is 3.81. The molecule has 0 aliphatic carbocycles. The summed E-state index contributed by atoms with van der Waals surface area (Å²) in [4.78, 5) is 19.7. The summed E-state index contributed by atoms with van der Waals surface area (Å²) in [6.45, 7) is 8.39. The van der Waals surface area contributed by atoms with Crippen LogP contribution in [0.5, 0.6) is 0 Å². The zero-order valence-corrected chi connectivity index (χ0v) is 15.9. The van der Waals surface area contributed by atoms with Crippen LogP contribution in [-0.2, 0) is 10.2 Å². The standard InChI is InChI=1S/C19H23F2N3O3/c1-18(2,3)27-17(26)24-12-6-7-14(22-10-12)16(25)19(4,5)15-13(21)8-11(20)9-23-15/h6-10,16,25H,1-5H3,(H,24,26). The lowest BCUT2D eigenvalue weighted by Gasteiger charge is -2.30. The predicted molar refractivity (Wildman–Crippen MR) is 96.2 cm³/mol. The van der Waals surface area contributed by atoms with E-state index in [0.717, 1.165) is 12.3 Å². The molecule has 0 aliphatic heterocycles. The molecule has 1 atom stereocenters. The van der Waals surface area contributed by atoms with Gasteiger partial charge in [0.1, 0.15) is 23.3 Å². The zero-order chi connectivity index (χ0) is 20.4. The molecule has 146 valence electrons. The van der Waals surface area contributed by atoms with Gasteiger partial charge in [0.05, 0.1) is 29.5 Å². The normalized spacial score (nSPS) is 13.2. The van der Waals surface area contributed by atoms with Crippen LogP contribution in [0, 0.1) is 11.6 Å². The highest BCUT2D eigenvalue weighted by Crippen LogP contribution is 2.36. The summed E-state index contributed by atoms with van der Waals surface area (Å²) in [5, 5.41) is 13.2. The van der Waals surface area contributed by atoms with E-state index in [4.69, 9.17) is 4.74 Å². The lowest BCUT2D eigenvalue weighted by molar-refractivity contribution is 0.0636. The Balaban J connectivity index is 2.17. The maximum atomic E-state index is 14.1. The van der Waals surface area contributed by atoms with Gasteiger partial charge in [-0.1, -0.05) is 13.8 Å². The van der Waals surface area contributed by atoms with E-state index in [1.807, 2.05) is 0 Å². The number of anilines is 1. The van der Waals surface area contributed by atoms with Crippen LogP contribution in [0.3, 0.4) is 0 Å². The van der Waals surface area contributed by atoms with Crippen LogP contribution in [0.1, 0.15) is 52.1 Å². The lowest BCUT2D eigenvalue weighted by atomic mass is 9.80. The molecule has 0 bridgehead atoms. The molecule has 8 heteroatoms. The largest absolute Gasteiger partial charge is 0.444 e. The van der Waals surface area contributed by atoms with Crippen molar-refractivity contribution in [3.63, 3.8) is 0 Å². The van der Waals surface area contributed by atoms with Crippen LogP contribution in [0.4, 0.5) is 19.3 Å². The summed E-state index contributed by atoms with van der Waals surface area (Å²) >= 11 is 0. The summed E-state index contributed by atoms with van der Waals surface area (Å²) in [6, 6.07) is 3.76. The number of rotatable bonds is 4. The molecule has 6 nitrogen and oxygen atoms in total. The number of pyridine rings is 2. The molecule has 0 fully saturated rings. The number of ether oxygens (including phenoxy) is 1. The summed E-state index contributed by atoms with van der Waals surface area (Å²) < 4.78 is 32.3. The minimum Gasteiger partial charge on any atom is -0.444 e. The number of carbonyl (C=O) groups is 1. The molecule has 1 amide bonds. The van der Waals surface area contributed by atoms with Crippen molar-refractivity contribution >= 4 is 11.8 Å². The maximum absolute atomic E-state index is 14.1. The van der Waals surface area contributed by atoms with Crippen LogP contribution in [-0.4, -0.2) is 26.8 Å². The fourth-order valence-electron chi connectivity index (χ4n) is 2.45. The van der Waals surface area contributed by atoms with Crippen LogP contribution in [0.15, 0.2) is 30.6 Å². The van der Waals surface area contributed by atoms with E-state index in [1.165, 1.54) is 12.3 Å². The molecule has 0 radical (unpaired) electrons. The average Bonchev–Trinajstić information content (AvgIpc) is 2.52. The summed E-state index contributed by atoms with van der Waals surface area (Å²) in [5.41, 5.74) is -1.24. The number of nitrogens with zero attached hydrogens (tertiary/aromatic N) is 2. The van der Waals surface area contributed by atoms with E-state index in [1.54, 1.807) is 40.7 Å². The van der Waals surface area contributed by atoms with Gasteiger partial charge >= 0.3 is 6.09 Å². The van der Waals surface area contributed by atoms with Gasteiger partial charge in [-0.05, 0) is 32.9 Å². The number of aliphatic hydroxyl groups excluding tert-OH is 1. The number of aliphatic hydroxyl groups is 1. The quantitative estimate of drug-likeness (QED) is 0.835. The Hall–Kier alpha value is -2.61. The number of nitrogens with one attached hydrogen (secondary N) is 1. The highest BCUT2D eigenvalue weighted by molar-refractivity contribution is 5.84. The molecule has 2 heterocycles. The van der Waals surface area contributed by atoms with Crippen LogP contribution < -0.4 is 5.32 Å². The molecule has 1 unspecified atom stereocenters. The van der Waals surface area contributed by atoms with E-state index < -0.39 is 34.8 Å². The van der Waals surface area contributed by atoms with Crippen molar-refractivity contribution in [2.45, 2.75) is 51.7 Å². The van der Waals surface area contributed by atoms with Gasteiger partial charge in [-0.2, -0.15) is 0 Å². The summed E-state index contributed by atoms with van der Waals surface area (Å²) in [7, 11) is 0. The van der Waals surface area contributed by atoms with Crippen molar-refractivity contribution < 1.29 is 23.4 Å². The SMILES string of the molecule is CC(C)(C)OC(=O)Nc1ccc(C(O)C(C)(C)c2ncc(F)cc2F)nc1. The third kappa shape index (κ3) is 5.19. The maximum Gasteiger partial charge on any atom is 0.412 e. The Labute approximate surface area is 156 Å². The molecule has 0 saturated heterocycles. The van der Waals surface area contributed by atoms with Gasteiger partial charge in [-0.15, -0.1) is 0 Å². The van der Waals surface area contributed by atoms with Gasteiger partial charge < -0.3 is 9.84 Å². The van der Waals surface area contributed by atoms with Crippen molar-refractivity contribution in [2.24, 2.45) is 0 Å². The Morgan fingerprint density at radius 1 is 1.15 bits per heavy atom. The van der Waals surface area contributed by atoms with Crippen molar-refractivity contribution in [2.75, 3.05) is 5.32 Å². The fraction of sp³-hybridized carbons (Fsp3) is 0.421. The van der Waals surface area contributed by atoms with Gasteiger partial charge in [0, 0.05) is 11.5 Å². The van der Waals surface area contributed by atoms with E-state index in [9.17, 15) is 18.7 Å². The van der Waals surface area contributed by atoms with Crippen molar-refractivity contribution in [3.8, 4) is 0 Å². The summed E-state index contributed by atoms with van der Waals surface area (Å²) in [5.74, 6) is -1.64. The Kier molecular flexibility index (Phi) is 5.79. The minimum atomic E-state index is -1.21. The molecule has 27 heavy (non-hydrogen) atoms. The third-order valence-corrected chi connectivity index (χ3v) is 3.81. The van der Waals surface area contributed by atoms with Gasteiger partial charge in [0.2, 0.25) is 0 Å². The van der Waals surface area contributed by atoms with Crippen molar-refractivity contribution in [1.29, 1.82) is 0 Å². The van der Waals surface area contributed by atoms with E-state index in [0.29, 0.717) is 5.69 Å². The molecule has 2 N–H and O–H groups in total. The molecule has 0 spiro atoms. The summed E-state index contributed by atoms with van der Waals surface area (Å²) in [6.07, 6.45) is 0.414. The predicted octanol–water partition coefficient (Wildman–Crippen LogP) is 4.11. The molecular weight excluding hydrogens is 356 g/mol. The van der Waals surface area contributed by atoms with Crippen molar-refractivity contribution in [3.05, 3.63) is 53.6 Å². The number of carbonyl (C=O) groups excluding carboxylic acids is 1. The van der Waals surface area contributed by atoms with E-state index in [2.05, 4.69) is 15.3 Å². The first-order chi connectivity index (χ1) is 12.4. The Bertz CT molecular complexity index is 818. The lowest BCUT2D eigenvalue weighted by Crippen LogP contribution is -2.30. The smallest absolute Gasteiger partial charge is 0.412 e. The van der Waals surface area contributed by atoms with Crippen molar-refractivity contribution in [1.82, 2.24) is 9.97 Å². The van der Waals surface area contributed by atoms with Gasteiger partial charge in [0.25, 0.3) is 0 Å². The zero-order valence-electron chi connectivity index (χ0n) is 15.9. The Morgan fingerprint density at radius 3 is 2.33 bits per heavy atom. The number of aromatic nitrogens is 2. The second kappa shape index (κ2) is 7.56. The average molecular weight is 379 g/mol. The molecule has 0 aliphatic rings. The highest BCUT2D eigenvalue weighted by Gasteiger charge is 2.36. The molecule has 0 aromatic carbocycles. The van der Waals surface area contributed by atoms with Crippen LogP contribution in [0.25, 0.3) is 0 Å². The van der Waals surface area contributed by atoms with Gasteiger partial charge in [-0.3, -0.25) is 15.3 Å². The number of amides is 1. The molecule has 2 aromatic heterocycles. The van der Waals surface area contributed by atoms with Gasteiger partial charge in [0.15, 0.2) is 0 Å². The molecule has 2 rings (SSSR count). The van der Waals surface area contributed by atoms with E-state index >= 15 is 0 Å². The molecule has 2 aromatic rings. The first-order valence-electron chi connectivity index (χ1n) is 8.35.